The molecule has 5 heteroatoms. The molecular formula is C14H14N2O3. The fourth-order valence-corrected chi connectivity index (χ4v) is 2.46. The SMILES string of the molecule is CC1(C(=O)O)CC(Oc2cccc3cncnc23)C1. The summed E-state index contributed by atoms with van der Waals surface area (Å²) >= 11 is 0. The molecule has 0 amide bonds. The number of para-hydroxylation sites is 1. The van der Waals surface area contributed by atoms with Gasteiger partial charge in [-0.05, 0) is 13.0 Å². The Hall–Kier alpha value is -2.17. The number of carboxylic acids is 1. The van der Waals surface area contributed by atoms with E-state index in [4.69, 9.17) is 9.84 Å². The van der Waals surface area contributed by atoms with Crippen LogP contribution in [-0.4, -0.2) is 27.1 Å². The summed E-state index contributed by atoms with van der Waals surface area (Å²) in [5.74, 6) is -0.0649. The molecule has 19 heavy (non-hydrogen) atoms. The molecular weight excluding hydrogens is 244 g/mol. The van der Waals surface area contributed by atoms with E-state index in [0.717, 1.165) is 10.9 Å². The lowest BCUT2D eigenvalue weighted by atomic mass is 9.68. The van der Waals surface area contributed by atoms with Gasteiger partial charge in [0.15, 0.2) is 0 Å². The number of hydrogen-bond acceptors (Lipinski definition) is 4. The summed E-state index contributed by atoms with van der Waals surface area (Å²) in [6.45, 7) is 1.75. The Kier molecular flexibility index (Phi) is 2.62. The quantitative estimate of drug-likeness (QED) is 0.914. The van der Waals surface area contributed by atoms with Crippen LogP contribution in [0.15, 0.2) is 30.7 Å². The molecule has 2 aromatic rings. The maximum atomic E-state index is 11.0. The minimum atomic E-state index is -0.757. The Morgan fingerprint density at radius 2 is 2.26 bits per heavy atom. The highest BCUT2D eigenvalue weighted by Crippen LogP contribution is 2.43. The summed E-state index contributed by atoms with van der Waals surface area (Å²) in [5, 5.41) is 9.99. The molecule has 1 aliphatic carbocycles. The number of aliphatic carboxylic acids is 1. The van der Waals surface area contributed by atoms with E-state index in [1.54, 1.807) is 13.1 Å². The Balaban J connectivity index is 1.79. The minimum Gasteiger partial charge on any atom is -0.488 e. The number of hydrogen-bond donors (Lipinski definition) is 1. The van der Waals surface area contributed by atoms with Crippen LogP contribution in [0.4, 0.5) is 0 Å². The summed E-state index contributed by atoms with van der Waals surface area (Å²) in [5.41, 5.74) is 0.117. The Morgan fingerprint density at radius 1 is 1.47 bits per heavy atom. The first-order valence-corrected chi connectivity index (χ1v) is 6.17. The second kappa shape index (κ2) is 4.19. The van der Waals surface area contributed by atoms with E-state index in [1.165, 1.54) is 6.33 Å². The van der Waals surface area contributed by atoms with Crippen molar-refractivity contribution in [3.05, 3.63) is 30.7 Å². The second-order valence-electron chi connectivity index (χ2n) is 5.23. The molecule has 5 nitrogen and oxygen atoms in total. The van der Waals surface area contributed by atoms with Gasteiger partial charge in [0.25, 0.3) is 0 Å². The first-order valence-electron chi connectivity index (χ1n) is 6.17. The van der Waals surface area contributed by atoms with E-state index in [9.17, 15) is 4.79 Å². The molecule has 0 radical (unpaired) electrons. The van der Waals surface area contributed by atoms with Gasteiger partial charge in [-0.3, -0.25) is 4.79 Å². The Labute approximate surface area is 110 Å². The maximum Gasteiger partial charge on any atom is 0.309 e. The number of aromatic nitrogens is 2. The predicted octanol–water partition coefficient (Wildman–Crippen LogP) is 2.26. The molecule has 1 aromatic heterocycles. The van der Waals surface area contributed by atoms with Gasteiger partial charge in [-0.1, -0.05) is 12.1 Å². The van der Waals surface area contributed by atoms with E-state index < -0.39 is 11.4 Å². The van der Waals surface area contributed by atoms with Crippen molar-refractivity contribution in [3.63, 3.8) is 0 Å². The molecule has 0 spiro atoms. The van der Waals surface area contributed by atoms with Crippen LogP contribution in [-0.2, 0) is 4.79 Å². The number of benzene rings is 1. The minimum absolute atomic E-state index is 0.0540. The molecule has 0 saturated heterocycles. The summed E-state index contributed by atoms with van der Waals surface area (Å²) < 4.78 is 5.86. The number of nitrogens with zero attached hydrogens (tertiary/aromatic N) is 2. The zero-order valence-corrected chi connectivity index (χ0v) is 10.5. The fourth-order valence-electron chi connectivity index (χ4n) is 2.46. The molecule has 0 bridgehead atoms. The van der Waals surface area contributed by atoms with Crippen LogP contribution in [0, 0.1) is 5.41 Å². The number of carbonyl (C=O) groups is 1. The highest BCUT2D eigenvalue weighted by Gasteiger charge is 2.48. The third-order valence-corrected chi connectivity index (χ3v) is 3.66. The van der Waals surface area contributed by atoms with Crippen LogP contribution in [0.1, 0.15) is 19.8 Å². The maximum absolute atomic E-state index is 11.0. The number of carboxylic acid groups (broad SMARTS) is 1. The molecule has 0 aliphatic heterocycles. The van der Waals surface area contributed by atoms with Gasteiger partial charge in [0.05, 0.1) is 5.41 Å². The van der Waals surface area contributed by atoms with E-state index >= 15 is 0 Å². The topological polar surface area (TPSA) is 72.3 Å². The largest absolute Gasteiger partial charge is 0.488 e. The molecule has 1 heterocycles. The Morgan fingerprint density at radius 3 is 3.00 bits per heavy atom. The van der Waals surface area contributed by atoms with Crippen LogP contribution < -0.4 is 4.74 Å². The van der Waals surface area contributed by atoms with Crippen LogP contribution in [0.2, 0.25) is 0 Å². The van der Waals surface area contributed by atoms with Crippen molar-refractivity contribution in [2.24, 2.45) is 5.41 Å². The average Bonchev–Trinajstić information content (AvgIpc) is 2.37. The van der Waals surface area contributed by atoms with E-state index in [2.05, 4.69) is 9.97 Å². The molecule has 98 valence electrons. The van der Waals surface area contributed by atoms with Gasteiger partial charge in [-0.25, -0.2) is 9.97 Å². The predicted molar refractivity (Wildman–Crippen MR) is 68.9 cm³/mol. The lowest BCUT2D eigenvalue weighted by Gasteiger charge is -2.41. The molecule has 1 fully saturated rings. The van der Waals surface area contributed by atoms with Gasteiger partial charge in [0.2, 0.25) is 0 Å². The summed E-state index contributed by atoms with van der Waals surface area (Å²) in [6.07, 6.45) is 4.23. The summed E-state index contributed by atoms with van der Waals surface area (Å²) in [6, 6.07) is 5.66. The molecule has 0 atom stereocenters. The zero-order valence-electron chi connectivity index (χ0n) is 10.5. The van der Waals surface area contributed by atoms with Crippen LogP contribution >= 0.6 is 0 Å². The van der Waals surface area contributed by atoms with Crippen molar-refractivity contribution in [3.8, 4) is 5.75 Å². The van der Waals surface area contributed by atoms with Gasteiger partial charge in [-0.15, -0.1) is 0 Å². The van der Waals surface area contributed by atoms with Crippen molar-refractivity contribution in [1.82, 2.24) is 9.97 Å². The third-order valence-electron chi connectivity index (χ3n) is 3.66. The molecule has 1 aliphatic rings. The lowest BCUT2D eigenvalue weighted by molar-refractivity contribution is -0.159. The number of fused-ring (bicyclic) bond motifs is 1. The van der Waals surface area contributed by atoms with Crippen LogP contribution in [0.25, 0.3) is 10.9 Å². The second-order valence-corrected chi connectivity index (χ2v) is 5.23. The van der Waals surface area contributed by atoms with E-state index in [1.807, 2.05) is 18.2 Å². The van der Waals surface area contributed by atoms with Crippen molar-refractivity contribution < 1.29 is 14.6 Å². The molecule has 3 rings (SSSR count). The van der Waals surface area contributed by atoms with Crippen molar-refractivity contribution in [2.45, 2.75) is 25.9 Å². The third kappa shape index (κ3) is 2.01. The molecule has 1 aromatic carbocycles. The van der Waals surface area contributed by atoms with Crippen molar-refractivity contribution in [1.29, 1.82) is 0 Å². The van der Waals surface area contributed by atoms with Gasteiger partial charge < -0.3 is 9.84 Å². The highest BCUT2D eigenvalue weighted by atomic mass is 16.5. The number of ether oxygens (including phenoxy) is 1. The molecule has 1 N–H and O–H groups in total. The number of rotatable bonds is 3. The van der Waals surface area contributed by atoms with Gasteiger partial charge in [-0.2, -0.15) is 0 Å². The first kappa shape index (κ1) is 11.9. The highest BCUT2D eigenvalue weighted by molar-refractivity contribution is 5.83. The zero-order chi connectivity index (χ0) is 13.5. The molecule has 1 saturated carbocycles. The average molecular weight is 258 g/mol. The van der Waals surface area contributed by atoms with Crippen LogP contribution in [0.3, 0.4) is 0 Å². The summed E-state index contributed by atoms with van der Waals surface area (Å²) in [7, 11) is 0. The van der Waals surface area contributed by atoms with Gasteiger partial charge in [0.1, 0.15) is 23.7 Å². The molecule has 0 unspecified atom stereocenters. The monoisotopic (exact) mass is 258 g/mol. The van der Waals surface area contributed by atoms with Gasteiger partial charge in [0, 0.05) is 24.4 Å². The van der Waals surface area contributed by atoms with Crippen molar-refractivity contribution >= 4 is 16.9 Å². The normalized spacial score (nSPS) is 25.8. The lowest BCUT2D eigenvalue weighted by Crippen LogP contribution is -2.47. The van der Waals surface area contributed by atoms with Crippen molar-refractivity contribution in [2.75, 3.05) is 0 Å². The Bertz CT molecular complexity index is 630. The van der Waals surface area contributed by atoms with E-state index in [0.29, 0.717) is 18.6 Å². The first-order chi connectivity index (χ1) is 9.08. The standard InChI is InChI=1S/C14H14N2O3/c1-14(13(17)18)5-10(6-14)19-11-4-2-3-9-7-15-8-16-12(9)11/h2-4,7-8,10H,5-6H2,1H3,(H,17,18). The van der Waals surface area contributed by atoms with Crippen LogP contribution in [0.5, 0.6) is 5.75 Å². The fraction of sp³-hybridized carbons (Fsp3) is 0.357. The van der Waals surface area contributed by atoms with E-state index in [-0.39, 0.29) is 6.10 Å². The van der Waals surface area contributed by atoms with Gasteiger partial charge >= 0.3 is 5.97 Å². The summed E-state index contributed by atoms with van der Waals surface area (Å²) in [4.78, 5) is 19.2. The smallest absolute Gasteiger partial charge is 0.309 e.